The Hall–Kier alpha value is -2.92. The molecule has 0 amide bonds. The summed E-state index contributed by atoms with van der Waals surface area (Å²) in [5.74, 6) is -0.255. The Labute approximate surface area is 142 Å². The van der Waals surface area contributed by atoms with Crippen LogP contribution in [-0.2, 0) is 6.42 Å². The van der Waals surface area contributed by atoms with E-state index in [2.05, 4.69) is 25.1 Å². The molecule has 0 aliphatic rings. The normalized spacial score (nSPS) is 10.4. The van der Waals surface area contributed by atoms with Crippen LogP contribution in [0.5, 0.6) is 0 Å². The highest BCUT2D eigenvalue weighted by molar-refractivity contribution is 5.71. The average molecular weight is 315 g/mol. The second kappa shape index (κ2) is 7.10. The predicted molar refractivity (Wildman–Crippen MR) is 96.0 cm³/mol. The zero-order valence-corrected chi connectivity index (χ0v) is 13.6. The van der Waals surface area contributed by atoms with Crippen molar-refractivity contribution in [3.8, 4) is 28.3 Å². The Morgan fingerprint density at radius 1 is 0.833 bits per heavy atom. The van der Waals surface area contributed by atoms with Crippen molar-refractivity contribution in [2.45, 2.75) is 19.8 Å². The van der Waals surface area contributed by atoms with E-state index in [1.807, 2.05) is 18.2 Å². The van der Waals surface area contributed by atoms with Crippen molar-refractivity contribution in [3.63, 3.8) is 0 Å². The van der Waals surface area contributed by atoms with Crippen molar-refractivity contribution in [1.82, 2.24) is 0 Å². The zero-order valence-electron chi connectivity index (χ0n) is 13.6. The summed E-state index contributed by atoms with van der Waals surface area (Å²) in [6, 6.07) is 22.6. The number of rotatable bonds is 4. The van der Waals surface area contributed by atoms with E-state index in [1.165, 1.54) is 5.56 Å². The van der Waals surface area contributed by atoms with Gasteiger partial charge in [0.25, 0.3) is 0 Å². The third-order valence-corrected chi connectivity index (χ3v) is 4.12. The fraction of sp³-hybridized carbons (Fsp3) is 0.136. The van der Waals surface area contributed by atoms with Crippen LogP contribution in [0.25, 0.3) is 22.3 Å². The van der Waals surface area contributed by atoms with Gasteiger partial charge in [-0.05, 0) is 46.9 Å². The third-order valence-electron chi connectivity index (χ3n) is 4.12. The number of nitrogens with zero attached hydrogens (tertiary/aromatic N) is 1. The molecule has 0 aliphatic carbocycles. The van der Waals surface area contributed by atoms with Gasteiger partial charge >= 0.3 is 0 Å². The molecule has 2 heteroatoms. The van der Waals surface area contributed by atoms with Crippen LogP contribution in [0, 0.1) is 17.1 Å². The first-order valence-corrected chi connectivity index (χ1v) is 8.10. The molecule has 3 aromatic carbocycles. The fourth-order valence-corrected chi connectivity index (χ4v) is 2.81. The van der Waals surface area contributed by atoms with Crippen molar-refractivity contribution >= 4 is 0 Å². The molecule has 3 rings (SSSR count). The second-order valence-corrected chi connectivity index (χ2v) is 5.83. The molecular weight excluding hydrogens is 297 g/mol. The molecule has 3 aromatic rings. The van der Waals surface area contributed by atoms with E-state index in [9.17, 15) is 4.39 Å². The van der Waals surface area contributed by atoms with Gasteiger partial charge in [0.2, 0.25) is 0 Å². The molecular formula is C22H18FN. The van der Waals surface area contributed by atoms with Crippen LogP contribution < -0.4 is 0 Å². The standard InChI is InChI=1S/C22H18FN/c1-2-3-16-4-8-18(9-5-16)20-12-13-21(22(23)14-20)19-10-6-17(15-24)7-11-19/h4-14H,2-3H2,1H3. The van der Waals surface area contributed by atoms with Crippen LogP contribution in [0.2, 0.25) is 0 Å². The molecule has 0 radical (unpaired) electrons. The summed E-state index contributed by atoms with van der Waals surface area (Å²) < 4.78 is 14.5. The molecule has 0 fully saturated rings. The lowest BCUT2D eigenvalue weighted by Gasteiger charge is -2.08. The molecule has 0 heterocycles. The number of nitriles is 1. The van der Waals surface area contributed by atoms with Gasteiger partial charge in [-0.15, -0.1) is 0 Å². The van der Waals surface area contributed by atoms with E-state index in [-0.39, 0.29) is 5.82 Å². The minimum Gasteiger partial charge on any atom is -0.206 e. The Morgan fingerprint density at radius 2 is 1.46 bits per heavy atom. The number of halogens is 1. The molecule has 0 spiro atoms. The minimum absolute atomic E-state index is 0.255. The van der Waals surface area contributed by atoms with Gasteiger partial charge in [0.05, 0.1) is 11.6 Å². The lowest BCUT2D eigenvalue weighted by Crippen LogP contribution is -1.88. The largest absolute Gasteiger partial charge is 0.206 e. The molecule has 1 nitrogen and oxygen atoms in total. The van der Waals surface area contributed by atoms with E-state index in [4.69, 9.17) is 5.26 Å². The van der Waals surface area contributed by atoms with Gasteiger partial charge in [-0.1, -0.05) is 61.9 Å². The summed E-state index contributed by atoms with van der Waals surface area (Å²) in [4.78, 5) is 0. The van der Waals surface area contributed by atoms with Gasteiger partial charge in [0, 0.05) is 5.56 Å². The third kappa shape index (κ3) is 3.36. The fourth-order valence-electron chi connectivity index (χ4n) is 2.81. The average Bonchev–Trinajstić information content (AvgIpc) is 2.63. The lowest BCUT2D eigenvalue weighted by molar-refractivity contribution is 0.632. The van der Waals surface area contributed by atoms with Crippen LogP contribution in [0.3, 0.4) is 0 Å². The quantitative estimate of drug-likeness (QED) is 0.580. The smallest absolute Gasteiger partial charge is 0.131 e. The van der Waals surface area contributed by atoms with Crippen LogP contribution in [-0.4, -0.2) is 0 Å². The van der Waals surface area contributed by atoms with Crippen LogP contribution in [0.4, 0.5) is 4.39 Å². The maximum atomic E-state index is 14.5. The maximum absolute atomic E-state index is 14.5. The van der Waals surface area contributed by atoms with Crippen LogP contribution in [0.1, 0.15) is 24.5 Å². The van der Waals surface area contributed by atoms with Crippen LogP contribution >= 0.6 is 0 Å². The minimum atomic E-state index is -0.255. The van der Waals surface area contributed by atoms with Crippen LogP contribution in [0.15, 0.2) is 66.7 Å². The first-order valence-electron chi connectivity index (χ1n) is 8.10. The molecule has 0 atom stereocenters. The number of aryl methyl sites for hydroxylation is 1. The highest BCUT2D eigenvalue weighted by Gasteiger charge is 2.08. The summed E-state index contributed by atoms with van der Waals surface area (Å²) in [6.07, 6.45) is 2.18. The molecule has 0 saturated carbocycles. The highest BCUT2D eigenvalue weighted by Crippen LogP contribution is 2.28. The van der Waals surface area contributed by atoms with Gasteiger partial charge in [0.15, 0.2) is 0 Å². The molecule has 24 heavy (non-hydrogen) atoms. The molecule has 118 valence electrons. The summed E-state index contributed by atoms with van der Waals surface area (Å²) >= 11 is 0. The van der Waals surface area contributed by atoms with Crippen molar-refractivity contribution in [2.24, 2.45) is 0 Å². The maximum Gasteiger partial charge on any atom is 0.131 e. The molecule has 0 aromatic heterocycles. The summed E-state index contributed by atoms with van der Waals surface area (Å²) in [7, 11) is 0. The molecule has 0 bridgehead atoms. The summed E-state index contributed by atoms with van der Waals surface area (Å²) in [6.45, 7) is 2.16. The van der Waals surface area contributed by atoms with E-state index < -0.39 is 0 Å². The van der Waals surface area contributed by atoms with Gasteiger partial charge < -0.3 is 0 Å². The van der Waals surface area contributed by atoms with Crippen molar-refractivity contribution in [3.05, 3.63) is 83.7 Å². The highest BCUT2D eigenvalue weighted by atomic mass is 19.1. The monoisotopic (exact) mass is 315 g/mol. The lowest BCUT2D eigenvalue weighted by atomic mass is 9.98. The zero-order chi connectivity index (χ0) is 16.9. The first kappa shape index (κ1) is 16.0. The van der Waals surface area contributed by atoms with Crippen molar-refractivity contribution in [1.29, 1.82) is 5.26 Å². The van der Waals surface area contributed by atoms with E-state index in [0.717, 1.165) is 29.5 Å². The van der Waals surface area contributed by atoms with Gasteiger partial charge in [-0.25, -0.2) is 4.39 Å². The summed E-state index contributed by atoms with van der Waals surface area (Å²) in [5.41, 5.74) is 5.08. The van der Waals surface area contributed by atoms with E-state index in [1.54, 1.807) is 36.4 Å². The Morgan fingerprint density at radius 3 is 2.04 bits per heavy atom. The SMILES string of the molecule is CCCc1ccc(-c2ccc(-c3ccc(C#N)cc3)c(F)c2)cc1. The second-order valence-electron chi connectivity index (χ2n) is 5.83. The molecule has 0 N–H and O–H groups in total. The van der Waals surface area contributed by atoms with Crippen molar-refractivity contribution < 1.29 is 4.39 Å². The Balaban J connectivity index is 1.90. The van der Waals surface area contributed by atoms with Gasteiger partial charge in [-0.2, -0.15) is 5.26 Å². The Kier molecular flexibility index (Phi) is 4.72. The van der Waals surface area contributed by atoms with Gasteiger partial charge in [0.1, 0.15) is 5.82 Å². The molecule has 0 unspecified atom stereocenters. The van der Waals surface area contributed by atoms with Crippen molar-refractivity contribution in [2.75, 3.05) is 0 Å². The summed E-state index contributed by atoms with van der Waals surface area (Å²) in [5, 5.41) is 8.85. The van der Waals surface area contributed by atoms with E-state index >= 15 is 0 Å². The topological polar surface area (TPSA) is 23.8 Å². The molecule has 0 aliphatic heterocycles. The number of benzene rings is 3. The number of hydrogen-bond acceptors (Lipinski definition) is 1. The van der Waals surface area contributed by atoms with E-state index in [0.29, 0.717) is 11.1 Å². The first-order chi connectivity index (χ1) is 11.7. The number of hydrogen-bond donors (Lipinski definition) is 0. The predicted octanol–water partition coefficient (Wildman–Crippen LogP) is 5.98. The molecule has 0 saturated heterocycles. The Bertz CT molecular complexity index is 871. The van der Waals surface area contributed by atoms with Gasteiger partial charge in [-0.3, -0.25) is 0 Å².